The molecule has 3 heteroatoms. The van der Waals surface area contributed by atoms with Crippen molar-refractivity contribution in [1.29, 1.82) is 0 Å². The van der Waals surface area contributed by atoms with Gasteiger partial charge in [-0.25, -0.2) is 0 Å². The van der Waals surface area contributed by atoms with E-state index in [1.807, 2.05) is 54.6 Å². The van der Waals surface area contributed by atoms with Crippen LogP contribution in [-0.4, -0.2) is 21.6 Å². The van der Waals surface area contributed by atoms with Crippen LogP contribution in [0.25, 0.3) is 22.0 Å². The highest BCUT2D eigenvalue weighted by Gasteiger charge is 2.10. The maximum Gasteiger partial charge on any atom is 0.482 e. The zero-order valence-corrected chi connectivity index (χ0v) is 11.4. The second kappa shape index (κ2) is 5.05. The normalized spacial score (nSPS) is 10.6. The number of aromatic nitrogens is 1. The number of rotatable bonds is 2. The largest absolute Gasteiger partial charge is 0.653 e. The third-order valence-electron chi connectivity index (χ3n) is 3.03. The first kappa shape index (κ1) is 12.2. The number of hydrogen-bond acceptors (Lipinski definition) is 2. The molecule has 3 rings (SSSR count). The fraction of sp³-hybridized carbons (Fsp3) is 0. The Bertz CT molecular complexity index is 740. The van der Waals surface area contributed by atoms with Crippen molar-refractivity contribution in [3.05, 3.63) is 67.2 Å². The molecule has 0 unspecified atom stereocenters. The number of nitrogens with zero attached hydrogens (tertiary/aromatic N) is 1. The Morgan fingerprint density at radius 1 is 1.00 bits per heavy atom. The topological polar surface area (TPSA) is 22.1 Å². The lowest BCUT2D eigenvalue weighted by molar-refractivity contribution is 0.618. The highest BCUT2D eigenvalue weighted by atomic mass is 27.1. The zero-order chi connectivity index (χ0) is 13.2. The number of para-hydroxylation sites is 1. The fourth-order valence-electron chi connectivity index (χ4n) is 2.19. The molecule has 4 radical (unpaired) electrons. The van der Waals surface area contributed by atoms with E-state index < -0.39 is 0 Å². The number of benzene rings is 2. The Hall–Kier alpha value is -1.82. The second-order valence-corrected chi connectivity index (χ2v) is 4.47. The highest BCUT2D eigenvalue weighted by molar-refractivity contribution is 6.02. The van der Waals surface area contributed by atoms with E-state index in [-0.39, 0.29) is 0 Å². The summed E-state index contributed by atoms with van der Waals surface area (Å²) >= 11 is 2.27. The van der Waals surface area contributed by atoms with Crippen LogP contribution in [0.4, 0.5) is 0 Å². The molecule has 0 N–H and O–H groups in total. The molecule has 0 aliphatic rings. The van der Waals surface area contributed by atoms with Crippen molar-refractivity contribution in [2.75, 3.05) is 0 Å². The van der Waals surface area contributed by atoms with E-state index in [2.05, 4.69) is 21.6 Å². The van der Waals surface area contributed by atoms with Gasteiger partial charge in [0.2, 0.25) is 0 Å². The zero-order valence-electron chi connectivity index (χ0n) is 10.2. The fourth-order valence-corrected chi connectivity index (χ4v) is 2.40. The van der Waals surface area contributed by atoms with Crippen LogP contribution in [0.5, 0.6) is 5.75 Å². The minimum absolute atomic E-state index is 0.507. The van der Waals surface area contributed by atoms with Crippen LogP contribution in [0, 0.1) is 6.92 Å². The lowest BCUT2D eigenvalue weighted by Gasteiger charge is -2.12. The van der Waals surface area contributed by atoms with Crippen molar-refractivity contribution in [2.45, 2.75) is 0 Å². The summed E-state index contributed by atoms with van der Waals surface area (Å²) in [4.78, 5) is 4.47. The molecular weight excluding hydrogens is 249 g/mol. The molecule has 19 heavy (non-hydrogen) atoms. The van der Waals surface area contributed by atoms with E-state index in [4.69, 9.17) is 10.7 Å². The van der Waals surface area contributed by atoms with Gasteiger partial charge in [-0.15, -0.1) is 0 Å². The van der Waals surface area contributed by atoms with Crippen LogP contribution < -0.4 is 3.79 Å². The minimum Gasteiger partial charge on any atom is -0.653 e. The lowest BCUT2D eigenvalue weighted by Crippen LogP contribution is -1.94. The smallest absolute Gasteiger partial charge is 0.482 e. The van der Waals surface area contributed by atoms with E-state index in [1.54, 1.807) is 0 Å². The Morgan fingerprint density at radius 3 is 2.58 bits per heavy atom. The van der Waals surface area contributed by atoms with Gasteiger partial charge in [-0.05, 0) is 23.6 Å². The molecular formula is C16H10AlNO. The van der Waals surface area contributed by atoms with Crippen molar-refractivity contribution in [2.24, 2.45) is 0 Å². The second-order valence-electron chi connectivity index (χ2n) is 4.23. The Labute approximate surface area is 120 Å². The summed E-state index contributed by atoms with van der Waals surface area (Å²) in [6.45, 7) is 5.90. The summed E-state index contributed by atoms with van der Waals surface area (Å²) < 4.78 is 5.32. The predicted octanol–water partition coefficient (Wildman–Crippen LogP) is 3.42. The molecule has 2 aromatic carbocycles. The van der Waals surface area contributed by atoms with Crippen molar-refractivity contribution < 1.29 is 3.79 Å². The third-order valence-corrected chi connectivity index (χ3v) is 3.28. The summed E-state index contributed by atoms with van der Waals surface area (Å²) in [7, 11) is 0. The standard InChI is InChI=1S/C16H11NO.Al/c1-11-10-12-6-2-3-7-13(12)16(17-11)14-8-4-5-9-15(14)18;/h1-10,18H;/q;+1/p-1. The van der Waals surface area contributed by atoms with E-state index >= 15 is 0 Å². The number of hydrogen-bond donors (Lipinski definition) is 0. The van der Waals surface area contributed by atoms with E-state index in [1.165, 1.54) is 0 Å². The summed E-state index contributed by atoms with van der Waals surface area (Å²) in [6, 6.07) is 17.7. The summed E-state index contributed by atoms with van der Waals surface area (Å²) in [5, 5.41) is 2.13. The van der Waals surface area contributed by atoms with Gasteiger partial charge in [-0.2, -0.15) is 0 Å². The molecule has 0 atom stereocenters. The van der Waals surface area contributed by atoms with Crippen LogP contribution in [-0.2, 0) is 0 Å². The average molecular weight is 259 g/mol. The van der Waals surface area contributed by atoms with Gasteiger partial charge >= 0.3 is 16.6 Å². The lowest BCUT2D eigenvalue weighted by atomic mass is 10.0. The molecule has 0 bridgehead atoms. The molecule has 1 aromatic heterocycles. The van der Waals surface area contributed by atoms with Crippen molar-refractivity contribution in [1.82, 2.24) is 4.98 Å². The molecule has 0 spiro atoms. The van der Waals surface area contributed by atoms with Crippen LogP contribution in [0.2, 0.25) is 0 Å². The molecule has 1 heterocycles. The highest BCUT2D eigenvalue weighted by Crippen LogP contribution is 2.33. The van der Waals surface area contributed by atoms with Gasteiger partial charge in [0.15, 0.2) is 0 Å². The van der Waals surface area contributed by atoms with Gasteiger partial charge < -0.3 is 3.79 Å². The molecule has 0 fully saturated rings. The minimum atomic E-state index is 0.507. The molecule has 0 saturated heterocycles. The molecule has 0 amide bonds. The van der Waals surface area contributed by atoms with Gasteiger partial charge in [0.1, 0.15) is 0 Å². The van der Waals surface area contributed by atoms with Crippen LogP contribution in [0.1, 0.15) is 5.69 Å². The third kappa shape index (κ3) is 2.23. The molecule has 88 valence electrons. The first-order chi connectivity index (χ1) is 9.29. The maximum absolute atomic E-state index is 5.90. The monoisotopic (exact) mass is 259 g/mol. The van der Waals surface area contributed by atoms with Crippen LogP contribution in [0.3, 0.4) is 0 Å². The van der Waals surface area contributed by atoms with Gasteiger partial charge in [0, 0.05) is 23.6 Å². The first-order valence-corrected chi connectivity index (χ1v) is 6.38. The maximum atomic E-state index is 5.90. The SMILES string of the molecule is [CH]c1cc2ccccc2c(-c2ccccc2[O][Al])n1. The number of fused-ring (bicyclic) bond motifs is 1. The Balaban J connectivity index is 2.36. The van der Waals surface area contributed by atoms with Gasteiger partial charge in [0.25, 0.3) is 0 Å². The quantitative estimate of drug-likeness (QED) is 0.658. The van der Waals surface area contributed by atoms with Crippen molar-refractivity contribution in [3.8, 4) is 17.0 Å². The molecule has 0 aliphatic carbocycles. The molecule has 2 nitrogen and oxygen atoms in total. The Morgan fingerprint density at radius 2 is 1.74 bits per heavy atom. The number of pyridine rings is 1. The Kier molecular flexibility index (Phi) is 3.25. The average Bonchev–Trinajstić information content (AvgIpc) is 2.46. The molecule has 0 aliphatic heterocycles. The summed E-state index contributed by atoms with van der Waals surface area (Å²) in [5.74, 6) is 0.760. The van der Waals surface area contributed by atoms with Crippen molar-refractivity contribution >= 4 is 27.4 Å². The summed E-state index contributed by atoms with van der Waals surface area (Å²) in [5.41, 5.74) is 2.28. The van der Waals surface area contributed by atoms with Crippen molar-refractivity contribution in [3.63, 3.8) is 0 Å². The van der Waals surface area contributed by atoms with E-state index in [0.29, 0.717) is 5.69 Å². The van der Waals surface area contributed by atoms with Crippen LogP contribution >= 0.6 is 0 Å². The van der Waals surface area contributed by atoms with Crippen LogP contribution in [0.15, 0.2) is 54.6 Å². The summed E-state index contributed by atoms with van der Waals surface area (Å²) in [6.07, 6.45) is 0. The predicted molar refractivity (Wildman–Crippen MR) is 77.0 cm³/mol. The molecule has 3 aromatic rings. The van der Waals surface area contributed by atoms with E-state index in [0.717, 1.165) is 27.8 Å². The van der Waals surface area contributed by atoms with Gasteiger partial charge in [-0.1, -0.05) is 36.4 Å². The molecule has 0 saturated carbocycles. The van der Waals surface area contributed by atoms with Gasteiger partial charge in [-0.3, -0.25) is 4.98 Å². The van der Waals surface area contributed by atoms with E-state index in [9.17, 15) is 0 Å². The van der Waals surface area contributed by atoms with Gasteiger partial charge in [0.05, 0.1) is 11.4 Å². The first-order valence-electron chi connectivity index (χ1n) is 5.91.